The van der Waals surface area contributed by atoms with Crippen molar-refractivity contribution in [3.05, 3.63) is 35.9 Å². The SMILES string of the molecule is O=C(Cc1ccccc1)OCCCO. The Morgan fingerprint density at radius 2 is 2.00 bits per heavy atom. The van der Waals surface area contributed by atoms with Crippen LogP contribution in [0.3, 0.4) is 0 Å². The van der Waals surface area contributed by atoms with E-state index in [4.69, 9.17) is 9.84 Å². The lowest BCUT2D eigenvalue weighted by Crippen LogP contribution is -2.09. The standard InChI is InChI=1S/C11H14O3/c12-7-4-8-14-11(13)9-10-5-2-1-3-6-10/h1-3,5-6,12H,4,7-9H2. The van der Waals surface area contributed by atoms with Gasteiger partial charge in [-0.3, -0.25) is 4.79 Å². The molecule has 0 radical (unpaired) electrons. The van der Waals surface area contributed by atoms with Gasteiger partial charge in [0.1, 0.15) is 0 Å². The van der Waals surface area contributed by atoms with Crippen LogP contribution in [0.5, 0.6) is 0 Å². The topological polar surface area (TPSA) is 46.5 Å². The molecule has 0 saturated carbocycles. The normalized spacial score (nSPS) is 9.79. The highest BCUT2D eigenvalue weighted by Gasteiger charge is 2.03. The minimum absolute atomic E-state index is 0.0542. The summed E-state index contributed by atoms with van der Waals surface area (Å²) in [5.74, 6) is -0.246. The molecule has 1 aromatic carbocycles. The Morgan fingerprint density at radius 3 is 2.64 bits per heavy atom. The molecule has 0 heterocycles. The van der Waals surface area contributed by atoms with Gasteiger partial charge < -0.3 is 9.84 Å². The molecule has 0 saturated heterocycles. The Morgan fingerprint density at radius 1 is 1.29 bits per heavy atom. The second kappa shape index (κ2) is 6.16. The molecule has 1 N–H and O–H groups in total. The van der Waals surface area contributed by atoms with Crippen molar-refractivity contribution < 1.29 is 14.6 Å². The van der Waals surface area contributed by atoms with Crippen molar-refractivity contribution in [2.75, 3.05) is 13.2 Å². The summed E-state index contributed by atoms with van der Waals surface area (Å²) in [4.78, 5) is 11.2. The minimum Gasteiger partial charge on any atom is -0.465 e. The van der Waals surface area contributed by atoms with E-state index in [1.807, 2.05) is 30.3 Å². The summed E-state index contributed by atoms with van der Waals surface area (Å²) in [6.45, 7) is 0.348. The molecule has 0 aromatic heterocycles. The molecule has 3 heteroatoms. The van der Waals surface area contributed by atoms with Crippen LogP contribution in [0.1, 0.15) is 12.0 Å². The van der Waals surface area contributed by atoms with Gasteiger partial charge >= 0.3 is 5.97 Å². The first-order valence-electron chi connectivity index (χ1n) is 4.63. The van der Waals surface area contributed by atoms with Gasteiger partial charge in [-0.05, 0) is 5.56 Å². The smallest absolute Gasteiger partial charge is 0.310 e. The Kier molecular flexibility index (Phi) is 4.72. The number of hydrogen-bond acceptors (Lipinski definition) is 3. The van der Waals surface area contributed by atoms with Gasteiger partial charge in [0, 0.05) is 13.0 Å². The van der Waals surface area contributed by atoms with Crippen LogP contribution in [0.2, 0.25) is 0 Å². The second-order valence-electron chi connectivity index (χ2n) is 2.96. The van der Waals surface area contributed by atoms with E-state index in [0.717, 1.165) is 5.56 Å². The zero-order valence-electron chi connectivity index (χ0n) is 7.98. The van der Waals surface area contributed by atoms with Crippen LogP contribution in [-0.2, 0) is 16.0 Å². The maximum absolute atomic E-state index is 11.2. The highest BCUT2D eigenvalue weighted by atomic mass is 16.5. The highest BCUT2D eigenvalue weighted by molar-refractivity contribution is 5.72. The number of esters is 1. The number of rotatable bonds is 5. The highest BCUT2D eigenvalue weighted by Crippen LogP contribution is 2.00. The van der Waals surface area contributed by atoms with E-state index in [-0.39, 0.29) is 12.6 Å². The van der Waals surface area contributed by atoms with Gasteiger partial charge in [-0.2, -0.15) is 0 Å². The lowest BCUT2D eigenvalue weighted by molar-refractivity contribution is -0.143. The molecule has 0 aliphatic heterocycles. The van der Waals surface area contributed by atoms with E-state index >= 15 is 0 Å². The lowest BCUT2D eigenvalue weighted by atomic mass is 10.2. The summed E-state index contributed by atoms with van der Waals surface area (Å²) < 4.78 is 4.89. The molecule has 3 nitrogen and oxygen atoms in total. The molecule has 0 bridgehead atoms. The molecule has 1 rings (SSSR count). The van der Waals surface area contributed by atoms with Crippen LogP contribution in [0.15, 0.2) is 30.3 Å². The van der Waals surface area contributed by atoms with Crippen LogP contribution < -0.4 is 0 Å². The third kappa shape index (κ3) is 4.05. The van der Waals surface area contributed by atoms with Crippen LogP contribution in [0.25, 0.3) is 0 Å². The third-order valence-electron chi connectivity index (χ3n) is 1.76. The fraction of sp³-hybridized carbons (Fsp3) is 0.364. The van der Waals surface area contributed by atoms with E-state index in [2.05, 4.69) is 0 Å². The summed E-state index contributed by atoms with van der Waals surface area (Å²) in [5, 5.41) is 8.48. The fourth-order valence-corrected chi connectivity index (χ4v) is 1.06. The first-order valence-corrected chi connectivity index (χ1v) is 4.63. The van der Waals surface area contributed by atoms with Crippen LogP contribution in [-0.4, -0.2) is 24.3 Å². The van der Waals surface area contributed by atoms with Gasteiger partial charge in [0.25, 0.3) is 0 Å². The quantitative estimate of drug-likeness (QED) is 0.565. The molecule has 0 spiro atoms. The average Bonchev–Trinajstić information content (AvgIpc) is 2.20. The van der Waals surface area contributed by atoms with Crippen molar-refractivity contribution in [3.63, 3.8) is 0 Å². The van der Waals surface area contributed by atoms with E-state index in [1.165, 1.54) is 0 Å². The van der Waals surface area contributed by atoms with E-state index in [1.54, 1.807) is 0 Å². The molecule has 0 amide bonds. The summed E-state index contributed by atoms with van der Waals surface area (Å²) in [7, 11) is 0. The first-order chi connectivity index (χ1) is 6.83. The first kappa shape index (κ1) is 10.7. The van der Waals surface area contributed by atoms with E-state index in [0.29, 0.717) is 19.4 Å². The van der Waals surface area contributed by atoms with Gasteiger partial charge in [0.15, 0.2) is 0 Å². The van der Waals surface area contributed by atoms with Crippen LogP contribution >= 0.6 is 0 Å². The average molecular weight is 194 g/mol. The molecular weight excluding hydrogens is 180 g/mol. The Labute approximate surface area is 83.3 Å². The molecule has 0 fully saturated rings. The van der Waals surface area contributed by atoms with Crippen molar-refractivity contribution in [2.24, 2.45) is 0 Å². The van der Waals surface area contributed by atoms with Gasteiger partial charge in [0.05, 0.1) is 13.0 Å². The lowest BCUT2D eigenvalue weighted by Gasteiger charge is -2.03. The number of ether oxygens (including phenoxy) is 1. The number of aliphatic hydroxyl groups is 1. The molecular formula is C11H14O3. The summed E-state index contributed by atoms with van der Waals surface area (Å²) in [6, 6.07) is 9.44. The monoisotopic (exact) mass is 194 g/mol. The number of benzene rings is 1. The van der Waals surface area contributed by atoms with Gasteiger partial charge in [0.2, 0.25) is 0 Å². The molecule has 1 aromatic rings. The summed E-state index contributed by atoms with van der Waals surface area (Å²) >= 11 is 0. The Bertz CT molecular complexity index is 269. The molecule has 0 atom stereocenters. The van der Waals surface area contributed by atoms with Crippen LogP contribution in [0, 0.1) is 0 Å². The fourth-order valence-electron chi connectivity index (χ4n) is 1.06. The predicted octanol–water partition coefficient (Wildman–Crippen LogP) is 1.15. The predicted molar refractivity (Wildman–Crippen MR) is 52.8 cm³/mol. The third-order valence-corrected chi connectivity index (χ3v) is 1.76. The molecule has 0 unspecified atom stereocenters. The summed E-state index contributed by atoms with van der Waals surface area (Å²) in [6.07, 6.45) is 0.798. The minimum atomic E-state index is -0.246. The molecule has 76 valence electrons. The van der Waals surface area contributed by atoms with Gasteiger partial charge in [-0.15, -0.1) is 0 Å². The van der Waals surface area contributed by atoms with Crippen molar-refractivity contribution >= 4 is 5.97 Å². The maximum Gasteiger partial charge on any atom is 0.310 e. The molecule has 14 heavy (non-hydrogen) atoms. The van der Waals surface area contributed by atoms with Crippen molar-refractivity contribution in [1.82, 2.24) is 0 Å². The van der Waals surface area contributed by atoms with Crippen molar-refractivity contribution in [3.8, 4) is 0 Å². The van der Waals surface area contributed by atoms with Gasteiger partial charge in [-0.1, -0.05) is 30.3 Å². The number of carbonyl (C=O) groups excluding carboxylic acids is 1. The van der Waals surface area contributed by atoms with E-state index < -0.39 is 0 Å². The molecule has 0 aliphatic rings. The van der Waals surface area contributed by atoms with Crippen molar-refractivity contribution in [2.45, 2.75) is 12.8 Å². The zero-order valence-corrected chi connectivity index (χ0v) is 7.98. The van der Waals surface area contributed by atoms with Crippen molar-refractivity contribution in [1.29, 1.82) is 0 Å². The zero-order chi connectivity index (χ0) is 10.2. The number of aliphatic hydroxyl groups excluding tert-OH is 1. The van der Waals surface area contributed by atoms with Crippen LogP contribution in [0.4, 0.5) is 0 Å². The number of carbonyl (C=O) groups is 1. The number of hydrogen-bond donors (Lipinski definition) is 1. The Balaban J connectivity index is 2.27. The largest absolute Gasteiger partial charge is 0.465 e. The van der Waals surface area contributed by atoms with E-state index in [9.17, 15) is 4.79 Å². The second-order valence-corrected chi connectivity index (χ2v) is 2.96. The summed E-state index contributed by atoms with van der Waals surface area (Å²) in [5.41, 5.74) is 0.946. The Hall–Kier alpha value is -1.35. The van der Waals surface area contributed by atoms with Gasteiger partial charge in [-0.25, -0.2) is 0 Å². The maximum atomic E-state index is 11.2. The molecule has 0 aliphatic carbocycles.